The maximum absolute atomic E-state index is 13.5. The Morgan fingerprint density at radius 1 is 1.27 bits per heavy atom. The number of hydrogen-bond acceptors (Lipinski definition) is 4. The van der Waals surface area contributed by atoms with Crippen LogP contribution in [0.4, 0.5) is 5.69 Å². The number of hydrogen-bond donors (Lipinski definition) is 1. The molecule has 158 valence electrons. The third kappa shape index (κ3) is 4.73. The van der Waals surface area contributed by atoms with Gasteiger partial charge in [-0.2, -0.15) is 5.26 Å². The van der Waals surface area contributed by atoms with Crippen molar-refractivity contribution < 1.29 is 14.3 Å². The second-order valence-electron chi connectivity index (χ2n) is 7.43. The van der Waals surface area contributed by atoms with Crippen molar-refractivity contribution in [3.05, 3.63) is 57.6 Å². The summed E-state index contributed by atoms with van der Waals surface area (Å²) in [5, 5.41) is 13.5. The third-order valence-electron chi connectivity index (χ3n) is 5.50. The average Bonchev–Trinajstić information content (AvgIpc) is 2.75. The van der Waals surface area contributed by atoms with Crippen molar-refractivity contribution >= 4 is 34.8 Å². The number of halogens is 2. The van der Waals surface area contributed by atoms with Crippen LogP contribution < -0.4 is 10.1 Å². The molecule has 3 rings (SSSR count). The van der Waals surface area contributed by atoms with Gasteiger partial charge < -0.3 is 14.8 Å². The number of carbonyl (C=O) groups is 1. The van der Waals surface area contributed by atoms with Crippen LogP contribution in [0.15, 0.2) is 36.4 Å². The number of carbonyl (C=O) groups excluding carboxylic acids is 1. The summed E-state index contributed by atoms with van der Waals surface area (Å²) in [5.74, 6) is 0.377. The molecule has 0 aromatic heterocycles. The topological polar surface area (TPSA) is 71.3 Å². The normalized spacial score (nSPS) is 16.4. The molecule has 2 aromatic rings. The zero-order valence-electron chi connectivity index (χ0n) is 17.0. The summed E-state index contributed by atoms with van der Waals surface area (Å²) in [6.07, 6.45) is 1.86. The van der Waals surface area contributed by atoms with E-state index in [1.165, 1.54) is 0 Å². The van der Waals surface area contributed by atoms with E-state index in [9.17, 15) is 10.1 Å². The maximum atomic E-state index is 13.5. The second kappa shape index (κ2) is 9.70. The first kappa shape index (κ1) is 22.4. The van der Waals surface area contributed by atoms with E-state index < -0.39 is 5.41 Å². The predicted molar refractivity (Wildman–Crippen MR) is 118 cm³/mol. The van der Waals surface area contributed by atoms with E-state index in [4.69, 9.17) is 32.7 Å². The van der Waals surface area contributed by atoms with Gasteiger partial charge in [-0.1, -0.05) is 36.2 Å². The van der Waals surface area contributed by atoms with Gasteiger partial charge in [-0.3, -0.25) is 4.79 Å². The van der Waals surface area contributed by atoms with E-state index in [2.05, 4.69) is 11.4 Å². The molecule has 2 aromatic carbocycles. The number of ether oxygens (including phenoxy) is 2. The molecule has 1 N–H and O–H groups in total. The minimum Gasteiger partial charge on any atom is -0.491 e. The Labute approximate surface area is 186 Å². The van der Waals surface area contributed by atoms with Crippen LogP contribution in [-0.2, 0) is 14.9 Å². The standard InChI is InChI=1S/C23H24Cl2N2O3/c1-3-15(2)30-18-5-7-21(16(12-18)14-26)27-22(28)23(8-10-29-11-9-23)19-6-4-17(24)13-20(19)25/h4-7,12-13,15H,3,8-11H2,1-2H3,(H,27,28)/t15-/m1/s1. The number of nitrogens with one attached hydrogen (secondary N) is 1. The molecule has 0 radical (unpaired) electrons. The molecule has 0 unspecified atom stereocenters. The minimum atomic E-state index is -0.863. The van der Waals surface area contributed by atoms with Crippen LogP contribution in [0.3, 0.4) is 0 Å². The fraction of sp³-hybridized carbons (Fsp3) is 0.391. The molecular formula is C23H24Cl2N2O3. The Morgan fingerprint density at radius 3 is 2.63 bits per heavy atom. The highest BCUT2D eigenvalue weighted by atomic mass is 35.5. The Kier molecular flexibility index (Phi) is 7.25. The molecule has 1 atom stereocenters. The number of nitrogens with zero attached hydrogens (tertiary/aromatic N) is 1. The van der Waals surface area contributed by atoms with Gasteiger partial charge in [0.25, 0.3) is 0 Å². The SMILES string of the molecule is CC[C@@H](C)Oc1ccc(NC(=O)C2(c3ccc(Cl)cc3Cl)CCOCC2)c(C#N)c1. The molecule has 1 fully saturated rings. The van der Waals surface area contributed by atoms with Crippen LogP contribution in [0.2, 0.25) is 10.0 Å². The monoisotopic (exact) mass is 446 g/mol. The largest absolute Gasteiger partial charge is 0.491 e. The first-order valence-corrected chi connectivity index (χ1v) is 10.7. The quantitative estimate of drug-likeness (QED) is 0.614. The van der Waals surface area contributed by atoms with Crippen LogP contribution >= 0.6 is 23.2 Å². The number of amides is 1. The van der Waals surface area contributed by atoms with Gasteiger partial charge in [0.1, 0.15) is 11.8 Å². The lowest BCUT2D eigenvalue weighted by atomic mass is 9.73. The summed E-state index contributed by atoms with van der Waals surface area (Å²) in [6, 6.07) is 12.4. The van der Waals surface area contributed by atoms with Crippen molar-refractivity contribution in [1.82, 2.24) is 0 Å². The van der Waals surface area contributed by atoms with Crippen molar-refractivity contribution in [2.45, 2.75) is 44.6 Å². The van der Waals surface area contributed by atoms with Gasteiger partial charge in [-0.25, -0.2) is 0 Å². The van der Waals surface area contributed by atoms with Crippen LogP contribution in [-0.4, -0.2) is 25.2 Å². The zero-order valence-corrected chi connectivity index (χ0v) is 18.5. The Hall–Kier alpha value is -2.26. The molecule has 7 heteroatoms. The summed E-state index contributed by atoms with van der Waals surface area (Å²) in [6.45, 7) is 4.88. The molecular weight excluding hydrogens is 423 g/mol. The summed E-state index contributed by atoms with van der Waals surface area (Å²) in [5.41, 5.74) is 0.631. The van der Waals surface area contributed by atoms with Crippen LogP contribution in [0.1, 0.15) is 44.2 Å². The van der Waals surface area contributed by atoms with Crippen molar-refractivity contribution in [2.75, 3.05) is 18.5 Å². The van der Waals surface area contributed by atoms with Crippen molar-refractivity contribution in [2.24, 2.45) is 0 Å². The van der Waals surface area contributed by atoms with Crippen LogP contribution in [0.5, 0.6) is 5.75 Å². The predicted octanol–water partition coefficient (Wildman–Crippen LogP) is 5.73. The second-order valence-corrected chi connectivity index (χ2v) is 8.27. The Morgan fingerprint density at radius 2 is 2.00 bits per heavy atom. The van der Waals surface area contributed by atoms with Crippen molar-refractivity contribution in [3.63, 3.8) is 0 Å². The maximum Gasteiger partial charge on any atom is 0.235 e. The van der Waals surface area contributed by atoms with Gasteiger partial charge in [-0.05, 0) is 56.0 Å². The number of benzene rings is 2. The minimum absolute atomic E-state index is 0.0366. The van der Waals surface area contributed by atoms with Gasteiger partial charge in [0.15, 0.2) is 0 Å². The van der Waals surface area contributed by atoms with Gasteiger partial charge in [-0.15, -0.1) is 0 Å². The molecule has 1 saturated heterocycles. The lowest BCUT2D eigenvalue weighted by Gasteiger charge is -2.37. The summed E-state index contributed by atoms with van der Waals surface area (Å²) in [7, 11) is 0. The fourth-order valence-corrected chi connectivity index (χ4v) is 4.16. The highest BCUT2D eigenvalue weighted by Gasteiger charge is 2.43. The smallest absolute Gasteiger partial charge is 0.235 e. The van der Waals surface area contributed by atoms with E-state index in [1.807, 2.05) is 13.8 Å². The lowest BCUT2D eigenvalue weighted by molar-refractivity contribution is -0.125. The van der Waals surface area contributed by atoms with Crippen LogP contribution in [0, 0.1) is 11.3 Å². The Balaban J connectivity index is 1.92. The lowest BCUT2D eigenvalue weighted by Crippen LogP contribution is -2.45. The molecule has 0 bridgehead atoms. The van der Waals surface area contributed by atoms with E-state index in [-0.39, 0.29) is 12.0 Å². The van der Waals surface area contributed by atoms with E-state index in [1.54, 1.807) is 36.4 Å². The van der Waals surface area contributed by atoms with E-state index >= 15 is 0 Å². The van der Waals surface area contributed by atoms with Gasteiger partial charge >= 0.3 is 0 Å². The fourth-order valence-electron chi connectivity index (χ4n) is 3.57. The van der Waals surface area contributed by atoms with Crippen molar-refractivity contribution in [3.8, 4) is 11.8 Å². The van der Waals surface area contributed by atoms with Crippen LogP contribution in [0.25, 0.3) is 0 Å². The summed E-state index contributed by atoms with van der Waals surface area (Å²) in [4.78, 5) is 13.5. The molecule has 1 amide bonds. The first-order valence-electron chi connectivity index (χ1n) is 9.95. The van der Waals surface area contributed by atoms with Crippen molar-refractivity contribution in [1.29, 1.82) is 5.26 Å². The molecule has 30 heavy (non-hydrogen) atoms. The zero-order chi connectivity index (χ0) is 21.7. The molecule has 5 nitrogen and oxygen atoms in total. The highest BCUT2D eigenvalue weighted by Crippen LogP contribution is 2.41. The van der Waals surface area contributed by atoms with E-state index in [0.29, 0.717) is 58.7 Å². The molecule has 1 aliphatic rings. The first-order chi connectivity index (χ1) is 14.4. The molecule has 0 aliphatic carbocycles. The Bertz CT molecular complexity index is 965. The van der Waals surface area contributed by atoms with E-state index in [0.717, 1.165) is 6.42 Å². The van der Waals surface area contributed by atoms with Gasteiger partial charge in [0, 0.05) is 29.3 Å². The number of rotatable bonds is 6. The van der Waals surface area contributed by atoms with Gasteiger partial charge in [0.05, 0.1) is 22.8 Å². The molecule has 1 heterocycles. The number of anilines is 1. The summed E-state index contributed by atoms with van der Waals surface area (Å²) < 4.78 is 11.3. The summed E-state index contributed by atoms with van der Waals surface area (Å²) >= 11 is 12.5. The third-order valence-corrected chi connectivity index (χ3v) is 6.05. The number of nitriles is 1. The molecule has 0 saturated carbocycles. The average molecular weight is 447 g/mol. The highest BCUT2D eigenvalue weighted by molar-refractivity contribution is 6.35. The molecule has 1 aliphatic heterocycles. The molecule has 0 spiro atoms. The van der Waals surface area contributed by atoms with Gasteiger partial charge in [0.2, 0.25) is 5.91 Å².